The van der Waals surface area contributed by atoms with Crippen LogP contribution in [0.5, 0.6) is 0 Å². The second-order valence-corrected chi connectivity index (χ2v) is 5.25. The number of nitrogens with two attached hydrogens (primary N) is 1. The Hall–Kier alpha value is -1.71. The number of rotatable bonds is 6. The Morgan fingerprint density at radius 3 is 2.61 bits per heavy atom. The lowest BCUT2D eigenvalue weighted by molar-refractivity contribution is -0.384. The molecule has 0 aliphatic rings. The van der Waals surface area contributed by atoms with Crippen molar-refractivity contribution in [3.8, 4) is 0 Å². The fourth-order valence-corrected chi connectivity index (χ4v) is 2.44. The zero-order chi connectivity index (χ0) is 13.8. The van der Waals surface area contributed by atoms with E-state index in [1.807, 2.05) is 6.92 Å². The third-order valence-electron chi connectivity index (χ3n) is 2.17. The second kappa shape index (κ2) is 5.76. The summed E-state index contributed by atoms with van der Waals surface area (Å²) >= 11 is 0. The summed E-state index contributed by atoms with van der Waals surface area (Å²) in [6.07, 6.45) is 0.647. The summed E-state index contributed by atoms with van der Waals surface area (Å²) in [6, 6.07) is 3.38. The van der Waals surface area contributed by atoms with Crippen LogP contribution in [-0.4, -0.2) is 19.9 Å². The molecular formula is C9H14N4O4S. The van der Waals surface area contributed by atoms with Gasteiger partial charge in [-0.15, -0.1) is 0 Å². The van der Waals surface area contributed by atoms with Crippen LogP contribution in [0.1, 0.15) is 13.3 Å². The van der Waals surface area contributed by atoms with Crippen molar-refractivity contribution in [1.82, 2.24) is 4.72 Å². The van der Waals surface area contributed by atoms with Crippen molar-refractivity contribution in [2.45, 2.75) is 18.2 Å². The topological polar surface area (TPSA) is 127 Å². The normalized spacial score (nSPS) is 11.2. The Morgan fingerprint density at radius 2 is 2.11 bits per heavy atom. The van der Waals surface area contributed by atoms with Crippen LogP contribution in [0.15, 0.2) is 23.1 Å². The SMILES string of the molecule is CCCNS(=O)(=O)c1ccc([N+](=O)[O-])c(NN)c1. The summed E-state index contributed by atoms with van der Waals surface area (Å²) in [5.41, 5.74) is 1.77. The quantitative estimate of drug-likeness (QED) is 0.395. The first-order valence-electron chi connectivity index (χ1n) is 5.17. The summed E-state index contributed by atoms with van der Waals surface area (Å²) in [5, 5.41) is 10.7. The molecule has 0 aromatic heterocycles. The van der Waals surface area contributed by atoms with E-state index >= 15 is 0 Å². The van der Waals surface area contributed by atoms with Gasteiger partial charge in [-0.3, -0.25) is 16.0 Å². The van der Waals surface area contributed by atoms with Gasteiger partial charge in [0.2, 0.25) is 10.0 Å². The van der Waals surface area contributed by atoms with E-state index in [9.17, 15) is 18.5 Å². The Kier molecular flexibility index (Phi) is 4.59. The zero-order valence-electron chi connectivity index (χ0n) is 9.71. The van der Waals surface area contributed by atoms with Gasteiger partial charge < -0.3 is 5.43 Å². The van der Waals surface area contributed by atoms with Crippen molar-refractivity contribution < 1.29 is 13.3 Å². The van der Waals surface area contributed by atoms with Crippen LogP contribution < -0.4 is 16.0 Å². The summed E-state index contributed by atoms with van der Waals surface area (Å²) in [7, 11) is -3.67. The molecule has 0 aliphatic carbocycles. The first kappa shape index (κ1) is 14.4. The smallest absolute Gasteiger partial charge is 0.293 e. The van der Waals surface area contributed by atoms with E-state index in [-0.39, 0.29) is 16.3 Å². The summed E-state index contributed by atoms with van der Waals surface area (Å²) in [5.74, 6) is 5.13. The molecule has 0 saturated carbocycles. The van der Waals surface area contributed by atoms with Crippen LogP contribution in [0, 0.1) is 10.1 Å². The molecule has 0 unspecified atom stereocenters. The highest BCUT2D eigenvalue weighted by Gasteiger charge is 2.19. The van der Waals surface area contributed by atoms with Gasteiger partial charge in [-0.2, -0.15) is 0 Å². The van der Waals surface area contributed by atoms with Gasteiger partial charge in [-0.25, -0.2) is 13.1 Å². The molecule has 0 radical (unpaired) electrons. The standard InChI is InChI=1S/C9H14N4O4S/c1-2-5-11-18(16,17)7-3-4-9(13(14)15)8(6-7)12-10/h3-4,6,11-12H,2,5,10H2,1H3. The highest BCUT2D eigenvalue weighted by Crippen LogP contribution is 2.26. The van der Waals surface area contributed by atoms with E-state index in [1.54, 1.807) is 0 Å². The highest BCUT2D eigenvalue weighted by molar-refractivity contribution is 7.89. The number of nitro groups is 1. The number of hydrazine groups is 1. The van der Waals surface area contributed by atoms with E-state index < -0.39 is 14.9 Å². The molecule has 1 rings (SSSR count). The van der Waals surface area contributed by atoms with Gasteiger partial charge in [0.15, 0.2) is 0 Å². The Bertz CT molecular complexity index is 543. The third-order valence-corrected chi connectivity index (χ3v) is 3.63. The molecule has 0 atom stereocenters. The number of hydrogen-bond acceptors (Lipinski definition) is 6. The summed E-state index contributed by atoms with van der Waals surface area (Å²) < 4.78 is 25.9. The van der Waals surface area contributed by atoms with E-state index in [2.05, 4.69) is 10.1 Å². The fourth-order valence-electron chi connectivity index (χ4n) is 1.28. The molecule has 0 aliphatic heterocycles. The Labute approximate surface area is 104 Å². The average Bonchev–Trinajstić information content (AvgIpc) is 2.35. The Balaban J connectivity index is 3.17. The van der Waals surface area contributed by atoms with Gasteiger partial charge in [-0.05, 0) is 18.6 Å². The van der Waals surface area contributed by atoms with Crippen molar-refractivity contribution in [2.75, 3.05) is 12.0 Å². The van der Waals surface area contributed by atoms with Crippen molar-refractivity contribution >= 4 is 21.4 Å². The lowest BCUT2D eigenvalue weighted by atomic mass is 10.3. The lowest BCUT2D eigenvalue weighted by Gasteiger charge is -2.07. The molecule has 18 heavy (non-hydrogen) atoms. The minimum Gasteiger partial charge on any atom is -0.318 e. The van der Waals surface area contributed by atoms with Crippen LogP contribution in [0.3, 0.4) is 0 Å². The molecule has 1 aromatic carbocycles. The first-order valence-corrected chi connectivity index (χ1v) is 6.65. The molecule has 8 nitrogen and oxygen atoms in total. The van der Waals surface area contributed by atoms with Crippen LogP contribution in [0.2, 0.25) is 0 Å². The largest absolute Gasteiger partial charge is 0.318 e. The predicted molar refractivity (Wildman–Crippen MR) is 66.4 cm³/mol. The minimum atomic E-state index is -3.67. The first-order chi connectivity index (χ1) is 8.42. The minimum absolute atomic E-state index is 0.0561. The maximum Gasteiger partial charge on any atom is 0.293 e. The molecule has 0 amide bonds. The highest BCUT2D eigenvalue weighted by atomic mass is 32.2. The van der Waals surface area contributed by atoms with Crippen LogP contribution in [0.25, 0.3) is 0 Å². The number of nitro benzene ring substituents is 1. The number of nitrogens with one attached hydrogen (secondary N) is 2. The van der Waals surface area contributed by atoms with E-state index in [1.165, 1.54) is 0 Å². The molecule has 1 aromatic rings. The maximum absolute atomic E-state index is 11.8. The second-order valence-electron chi connectivity index (χ2n) is 3.48. The van der Waals surface area contributed by atoms with Gasteiger partial charge in [0.05, 0.1) is 9.82 Å². The molecule has 0 bridgehead atoms. The number of sulfonamides is 1. The van der Waals surface area contributed by atoms with Gasteiger partial charge >= 0.3 is 0 Å². The number of nitrogen functional groups attached to an aromatic ring is 1. The zero-order valence-corrected chi connectivity index (χ0v) is 10.5. The molecular weight excluding hydrogens is 260 g/mol. The van der Waals surface area contributed by atoms with Crippen LogP contribution in [0.4, 0.5) is 11.4 Å². The molecule has 9 heteroatoms. The summed E-state index contributed by atoms with van der Waals surface area (Å²) in [4.78, 5) is 9.94. The molecule has 4 N–H and O–H groups in total. The van der Waals surface area contributed by atoms with Crippen LogP contribution >= 0.6 is 0 Å². The lowest BCUT2D eigenvalue weighted by Crippen LogP contribution is -2.24. The third kappa shape index (κ3) is 3.15. The average molecular weight is 274 g/mol. The van der Waals surface area contributed by atoms with Crippen molar-refractivity contribution in [2.24, 2.45) is 5.84 Å². The van der Waals surface area contributed by atoms with Crippen molar-refractivity contribution in [1.29, 1.82) is 0 Å². The monoisotopic (exact) mass is 274 g/mol. The number of anilines is 1. The number of nitrogens with zero attached hydrogens (tertiary/aromatic N) is 1. The molecule has 0 spiro atoms. The number of hydrogen-bond donors (Lipinski definition) is 3. The van der Waals surface area contributed by atoms with E-state index in [0.29, 0.717) is 13.0 Å². The van der Waals surface area contributed by atoms with Gasteiger partial charge in [-0.1, -0.05) is 6.92 Å². The van der Waals surface area contributed by atoms with Gasteiger partial charge in [0, 0.05) is 12.6 Å². The van der Waals surface area contributed by atoms with Crippen LogP contribution in [-0.2, 0) is 10.0 Å². The Morgan fingerprint density at radius 1 is 1.44 bits per heavy atom. The molecule has 0 fully saturated rings. The van der Waals surface area contributed by atoms with E-state index in [4.69, 9.17) is 5.84 Å². The molecule has 100 valence electrons. The summed E-state index contributed by atoms with van der Waals surface area (Å²) in [6.45, 7) is 2.12. The predicted octanol–water partition coefficient (Wildman–Crippen LogP) is 0.569. The maximum atomic E-state index is 11.8. The molecule has 0 heterocycles. The van der Waals surface area contributed by atoms with Crippen molar-refractivity contribution in [3.63, 3.8) is 0 Å². The number of benzene rings is 1. The fraction of sp³-hybridized carbons (Fsp3) is 0.333. The van der Waals surface area contributed by atoms with Gasteiger partial charge in [0.25, 0.3) is 5.69 Å². The van der Waals surface area contributed by atoms with Crippen molar-refractivity contribution in [3.05, 3.63) is 28.3 Å². The van der Waals surface area contributed by atoms with E-state index in [0.717, 1.165) is 18.2 Å². The molecule has 0 saturated heterocycles. The van der Waals surface area contributed by atoms with Gasteiger partial charge in [0.1, 0.15) is 5.69 Å².